The second kappa shape index (κ2) is 7.02. The Balaban J connectivity index is 1.76. The minimum atomic E-state index is -4.56. The van der Waals surface area contributed by atoms with Crippen molar-refractivity contribution >= 4 is 11.7 Å². The van der Waals surface area contributed by atoms with Crippen molar-refractivity contribution in [1.82, 2.24) is 5.32 Å². The highest BCUT2D eigenvalue weighted by molar-refractivity contribution is 5.90. The van der Waals surface area contributed by atoms with Gasteiger partial charge in [0.25, 0.3) is 0 Å². The van der Waals surface area contributed by atoms with Gasteiger partial charge < -0.3 is 20.1 Å². The number of para-hydroxylation sites is 1. The number of hydrogen-bond donors (Lipinski definition) is 2. The third-order valence-electron chi connectivity index (χ3n) is 4.17. The lowest BCUT2D eigenvalue weighted by atomic mass is 9.94. The smallest absolute Gasteiger partial charge is 0.418 e. The molecule has 1 aliphatic heterocycles. The molecule has 3 rings (SSSR count). The van der Waals surface area contributed by atoms with Gasteiger partial charge in [-0.25, -0.2) is 4.79 Å². The van der Waals surface area contributed by atoms with Crippen LogP contribution >= 0.6 is 0 Å². The van der Waals surface area contributed by atoms with E-state index in [2.05, 4.69) is 10.6 Å². The zero-order chi connectivity index (χ0) is 19.7. The van der Waals surface area contributed by atoms with Crippen LogP contribution in [0.2, 0.25) is 0 Å². The maximum Gasteiger partial charge on any atom is 0.418 e. The van der Waals surface area contributed by atoms with E-state index < -0.39 is 23.3 Å². The van der Waals surface area contributed by atoms with Gasteiger partial charge in [-0.15, -0.1) is 0 Å². The molecule has 0 bridgehead atoms. The Bertz CT molecular complexity index is 850. The van der Waals surface area contributed by atoms with Crippen LogP contribution in [0.25, 0.3) is 0 Å². The molecule has 2 aromatic carbocycles. The number of nitrogens with one attached hydrogen (secondary N) is 2. The lowest BCUT2D eigenvalue weighted by Crippen LogP contribution is -2.43. The summed E-state index contributed by atoms with van der Waals surface area (Å²) in [7, 11) is 0. The number of hydrogen-bond acceptors (Lipinski definition) is 3. The van der Waals surface area contributed by atoms with Crippen molar-refractivity contribution < 1.29 is 27.4 Å². The number of benzene rings is 2. The summed E-state index contributed by atoms with van der Waals surface area (Å²) in [6.45, 7) is 4.38. The monoisotopic (exact) mass is 380 g/mol. The van der Waals surface area contributed by atoms with E-state index in [1.807, 2.05) is 0 Å². The number of halogens is 3. The second-order valence-electron chi connectivity index (χ2n) is 6.61. The number of ether oxygens (including phenoxy) is 2. The molecule has 2 N–H and O–H groups in total. The fraction of sp³-hybridized carbons (Fsp3) is 0.316. The number of anilines is 1. The maximum absolute atomic E-state index is 13.1. The molecule has 0 saturated carbocycles. The van der Waals surface area contributed by atoms with Crippen molar-refractivity contribution in [3.8, 4) is 11.5 Å². The van der Waals surface area contributed by atoms with Gasteiger partial charge in [0.15, 0.2) is 11.5 Å². The van der Waals surface area contributed by atoms with E-state index in [9.17, 15) is 18.0 Å². The number of amides is 2. The predicted octanol–water partition coefficient (Wildman–Crippen LogP) is 4.53. The van der Waals surface area contributed by atoms with Crippen molar-refractivity contribution in [1.29, 1.82) is 0 Å². The van der Waals surface area contributed by atoms with Gasteiger partial charge in [0, 0.05) is 0 Å². The van der Waals surface area contributed by atoms with E-state index in [0.717, 1.165) is 11.6 Å². The van der Waals surface area contributed by atoms with E-state index in [0.29, 0.717) is 24.7 Å². The Morgan fingerprint density at radius 2 is 1.67 bits per heavy atom. The summed E-state index contributed by atoms with van der Waals surface area (Å²) in [4.78, 5) is 12.3. The number of fused-ring (bicyclic) bond motifs is 1. The van der Waals surface area contributed by atoms with Crippen LogP contribution < -0.4 is 20.1 Å². The number of carbonyl (C=O) groups excluding carboxylic acids is 1. The summed E-state index contributed by atoms with van der Waals surface area (Å²) in [5, 5.41) is 4.97. The molecule has 2 amide bonds. The highest BCUT2D eigenvalue weighted by Gasteiger charge is 2.34. The summed E-state index contributed by atoms with van der Waals surface area (Å²) >= 11 is 0. The summed E-state index contributed by atoms with van der Waals surface area (Å²) in [6, 6.07) is 9.34. The van der Waals surface area contributed by atoms with Gasteiger partial charge in [0.1, 0.15) is 13.2 Å². The van der Waals surface area contributed by atoms with Crippen molar-refractivity contribution in [2.24, 2.45) is 0 Å². The Morgan fingerprint density at radius 3 is 2.37 bits per heavy atom. The standard InChI is InChI=1S/C19H19F3N2O3/c1-18(2,12-7-8-15-16(11-12)27-10-9-26-15)24-17(25)23-14-6-4-3-5-13(14)19(20,21)22/h3-8,11H,9-10H2,1-2H3,(H2,23,24,25). The minimum Gasteiger partial charge on any atom is -0.486 e. The van der Waals surface area contributed by atoms with E-state index in [-0.39, 0.29) is 5.69 Å². The van der Waals surface area contributed by atoms with Gasteiger partial charge in [-0.1, -0.05) is 18.2 Å². The van der Waals surface area contributed by atoms with Crippen LogP contribution in [0.3, 0.4) is 0 Å². The lowest BCUT2D eigenvalue weighted by Gasteiger charge is -2.29. The van der Waals surface area contributed by atoms with E-state index >= 15 is 0 Å². The largest absolute Gasteiger partial charge is 0.486 e. The van der Waals surface area contributed by atoms with Gasteiger partial charge in [-0.05, 0) is 43.7 Å². The van der Waals surface area contributed by atoms with Crippen LogP contribution in [-0.4, -0.2) is 19.2 Å². The molecule has 0 fully saturated rings. The molecule has 0 spiro atoms. The molecule has 8 heteroatoms. The van der Waals surface area contributed by atoms with Crippen molar-refractivity contribution in [3.63, 3.8) is 0 Å². The van der Waals surface area contributed by atoms with E-state index in [4.69, 9.17) is 9.47 Å². The number of urea groups is 1. The molecule has 1 aliphatic rings. The minimum absolute atomic E-state index is 0.305. The first-order valence-electron chi connectivity index (χ1n) is 8.32. The van der Waals surface area contributed by atoms with Gasteiger partial charge in [0.05, 0.1) is 16.8 Å². The molecule has 2 aromatic rings. The fourth-order valence-electron chi connectivity index (χ4n) is 2.78. The quantitative estimate of drug-likeness (QED) is 0.822. The second-order valence-corrected chi connectivity index (χ2v) is 6.61. The first-order valence-corrected chi connectivity index (χ1v) is 8.32. The Kier molecular flexibility index (Phi) is 4.91. The Labute approximate surface area is 154 Å². The van der Waals surface area contributed by atoms with Crippen molar-refractivity contribution in [3.05, 3.63) is 53.6 Å². The Morgan fingerprint density at radius 1 is 1.00 bits per heavy atom. The van der Waals surface area contributed by atoms with Crippen molar-refractivity contribution in [2.75, 3.05) is 18.5 Å². The molecule has 144 valence electrons. The van der Waals surface area contributed by atoms with Gasteiger partial charge in [0.2, 0.25) is 0 Å². The van der Waals surface area contributed by atoms with Crippen LogP contribution in [0, 0.1) is 0 Å². The van der Waals surface area contributed by atoms with Gasteiger partial charge >= 0.3 is 12.2 Å². The third kappa shape index (κ3) is 4.27. The van der Waals surface area contributed by atoms with Crippen LogP contribution in [0.1, 0.15) is 25.0 Å². The fourth-order valence-corrected chi connectivity index (χ4v) is 2.78. The van der Waals surface area contributed by atoms with Crippen LogP contribution in [0.5, 0.6) is 11.5 Å². The molecule has 0 atom stereocenters. The topological polar surface area (TPSA) is 59.6 Å². The summed E-state index contributed by atoms with van der Waals surface area (Å²) < 4.78 is 50.2. The predicted molar refractivity (Wildman–Crippen MR) is 94.1 cm³/mol. The molecule has 0 unspecified atom stereocenters. The number of rotatable bonds is 3. The zero-order valence-corrected chi connectivity index (χ0v) is 14.8. The molecule has 0 aliphatic carbocycles. The molecular formula is C19H19F3N2O3. The molecule has 1 heterocycles. The first kappa shape index (κ1) is 18.9. The van der Waals surface area contributed by atoms with Gasteiger partial charge in [-0.3, -0.25) is 0 Å². The summed E-state index contributed by atoms with van der Waals surface area (Å²) in [5.74, 6) is 1.18. The SMILES string of the molecule is CC(C)(NC(=O)Nc1ccccc1C(F)(F)F)c1ccc2c(c1)OCCO2. The highest BCUT2D eigenvalue weighted by atomic mass is 19.4. The van der Waals surface area contributed by atoms with Crippen LogP contribution in [0.4, 0.5) is 23.7 Å². The zero-order valence-electron chi connectivity index (χ0n) is 14.8. The molecule has 27 heavy (non-hydrogen) atoms. The van der Waals surface area contributed by atoms with Crippen LogP contribution in [-0.2, 0) is 11.7 Å². The number of alkyl halides is 3. The van der Waals surface area contributed by atoms with Crippen molar-refractivity contribution in [2.45, 2.75) is 25.6 Å². The molecular weight excluding hydrogens is 361 g/mol. The average molecular weight is 380 g/mol. The average Bonchev–Trinajstić information content (AvgIpc) is 2.60. The van der Waals surface area contributed by atoms with Crippen LogP contribution in [0.15, 0.2) is 42.5 Å². The Hall–Kier alpha value is -2.90. The summed E-state index contributed by atoms with van der Waals surface area (Å²) in [6.07, 6.45) is -4.56. The first-order chi connectivity index (χ1) is 12.7. The number of carbonyl (C=O) groups is 1. The lowest BCUT2D eigenvalue weighted by molar-refractivity contribution is -0.136. The molecule has 0 aromatic heterocycles. The molecule has 0 radical (unpaired) electrons. The van der Waals surface area contributed by atoms with E-state index in [1.165, 1.54) is 18.2 Å². The van der Waals surface area contributed by atoms with Gasteiger partial charge in [-0.2, -0.15) is 13.2 Å². The summed E-state index contributed by atoms with van der Waals surface area (Å²) in [5.41, 5.74) is -1.34. The normalized spacial score (nSPS) is 13.8. The molecule has 0 saturated heterocycles. The third-order valence-corrected chi connectivity index (χ3v) is 4.17. The van der Waals surface area contributed by atoms with E-state index in [1.54, 1.807) is 32.0 Å². The maximum atomic E-state index is 13.1. The molecule has 5 nitrogen and oxygen atoms in total. The highest BCUT2D eigenvalue weighted by Crippen LogP contribution is 2.36.